The summed E-state index contributed by atoms with van der Waals surface area (Å²) in [5.41, 5.74) is 1.96. The van der Waals surface area contributed by atoms with E-state index in [0.29, 0.717) is 18.3 Å². The van der Waals surface area contributed by atoms with Crippen molar-refractivity contribution >= 4 is 5.69 Å². The van der Waals surface area contributed by atoms with Gasteiger partial charge in [0.25, 0.3) is 0 Å². The first-order chi connectivity index (χ1) is 9.19. The highest BCUT2D eigenvalue weighted by Gasteiger charge is 2.07. The molecule has 1 N–H and O–H groups in total. The van der Waals surface area contributed by atoms with Crippen LogP contribution < -0.4 is 5.32 Å². The lowest BCUT2D eigenvalue weighted by Gasteiger charge is -2.15. The maximum atomic E-state index is 5.38. The van der Waals surface area contributed by atoms with Crippen molar-refractivity contribution in [2.75, 3.05) is 18.5 Å². The van der Waals surface area contributed by atoms with E-state index in [0.717, 1.165) is 17.9 Å². The lowest BCUT2D eigenvalue weighted by Crippen LogP contribution is -2.21. The average Bonchev–Trinajstić information content (AvgIpc) is 2.83. The first-order valence-corrected chi connectivity index (χ1v) is 6.44. The van der Waals surface area contributed by atoms with Crippen LogP contribution in [0.2, 0.25) is 0 Å². The monoisotopic (exact) mass is 261 g/mol. The summed E-state index contributed by atoms with van der Waals surface area (Å²) in [6.07, 6.45) is 0. The average molecular weight is 261 g/mol. The van der Waals surface area contributed by atoms with E-state index in [-0.39, 0.29) is 6.04 Å². The molecule has 0 bridgehead atoms. The molecule has 19 heavy (non-hydrogen) atoms. The Hall–Kier alpha value is -1.88. The van der Waals surface area contributed by atoms with Gasteiger partial charge < -0.3 is 14.6 Å². The Labute approximate surface area is 113 Å². The van der Waals surface area contributed by atoms with Crippen LogP contribution >= 0.6 is 0 Å². The predicted molar refractivity (Wildman–Crippen MR) is 74.0 cm³/mol. The van der Waals surface area contributed by atoms with Gasteiger partial charge in [-0.3, -0.25) is 0 Å². The Bertz CT molecular complexity index is 525. The molecule has 1 unspecified atom stereocenters. The summed E-state index contributed by atoms with van der Waals surface area (Å²) in [4.78, 5) is 4.22. The number of ether oxygens (including phenoxy) is 1. The van der Waals surface area contributed by atoms with Gasteiger partial charge in [-0.2, -0.15) is 4.98 Å². The Morgan fingerprint density at radius 2 is 2.26 bits per heavy atom. The molecular formula is C14H19N3O2. The smallest absolute Gasteiger partial charge is 0.223 e. The third kappa shape index (κ3) is 3.79. The number of hydrogen-bond donors (Lipinski definition) is 1. The summed E-state index contributed by atoms with van der Waals surface area (Å²) in [7, 11) is 0. The molecular weight excluding hydrogens is 242 g/mol. The van der Waals surface area contributed by atoms with Gasteiger partial charge in [0, 0.05) is 30.8 Å². The van der Waals surface area contributed by atoms with Crippen molar-refractivity contribution in [2.24, 2.45) is 0 Å². The Morgan fingerprint density at radius 3 is 2.95 bits per heavy atom. The molecule has 0 radical (unpaired) electrons. The number of aromatic nitrogens is 2. The maximum absolute atomic E-state index is 5.38. The van der Waals surface area contributed by atoms with Gasteiger partial charge in [-0.1, -0.05) is 17.3 Å². The number of rotatable bonds is 6. The minimum atomic E-state index is 0.252. The van der Waals surface area contributed by atoms with E-state index < -0.39 is 0 Å². The predicted octanol–water partition coefficient (Wildman–Crippen LogP) is 2.88. The Morgan fingerprint density at radius 1 is 1.42 bits per heavy atom. The molecule has 2 rings (SSSR count). The van der Waals surface area contributed by atoms with Crippen LogP contribution in [-0.4, -0.2) is 29.4 Å². The largest absolute Gasteiger partial charge is 0.380 e. The van der Waals surface area contributed by atoms with Crippen LogP contribution in [0.3, 0.4) is 0 Å². The molecule has 1 atom stereocenters. The number of nitrogens with zero attached hydrogens (tertiary/aromatic N) is 2. The number of aryl methyl sites for hydroxylation is 1. The number of benzene rings is 1. The van der Waals surface area contributed by atoms with Crippen LogP contribution in [-0.2, 0) is 4.74 Å². The summed E-state index contributed by atoms with van der Waals surface area (Å²) in [6.45, 7) is 7.27. The van der Waals surface area contributed by atoms with E-state index >= 15 is 0 Å². The third-order valence-electron chi connectivity index (χ3n) is 2.63. The van der Waals surface area contributed by atoms with E-state index in [1.54, 1.807) is 6.92 Å². The van der Waals surface area contributed by atoms with Crippen LogP contribution in [0.25, 0.3) is 11.4 Å². The van der Waals surface area contributed by atoms with E-state index in [4.69, 9.17) is 9.26 Å². The first kappa shape index (κ1) is 13.5. The molecule has 0 aliphatic heterocycles. The van der Waals surface area contributed by atoms with Crippen LogP contribution in [0.5, 0.6) is 0 Å². The molecule has 0 saturated heterocycles. The van der Waals surface area contributed by atoms with Crippen LogP contribution in [0.15, 0.2) is 28.8 Å². The topological polar surface area (TPSA) is 60.2 Å². The summed E-state index contributed by atoms with van der Waals surface area (Å²) in [5.74, 6) is 1.18. The second-order valence-corrected chi connectivity index (χ2v) is 4.42. The summed E-state index contributed by atoms with van der Waals surface area (Å²) >= 11 is 0. The summed E-state index contributed by atoms with van der Waals surface area (Å²) in [6, 6.07) is 8.20. The highest BCUT2D eigenvalue weighted by molar-refractivity contribution is 5.62. The standard InChI is InChI=1S/C14H19N3O2/c1-4-18-9-10(2)15-13-7-5-6-12(8-13)14-16-11(3)19-17-14/h5-8,10,15H,4,9H2,1-3H3. The molecule has 1 aromatic carbocycles. The van der Waals surface area contributed by atoms with Crippen LogP contribution in [0.1, 0.15) is 19.7 Å². The Kier molecular flexibility index (Phi) is 4.52. The van der Waals surface area contributed by atoms with Gasteiger partial charge in [-0.15, -0.1) is 0 Å². The molecule has 102 valence electrons. The van der Waals surface area contributed by atoms with Gasteiger partial charge in [-0.05, 0) is 26.0 Å². The summed E-state index contributed by atoms with van der Waals surface area (Å²) < 4.78 is 10.4. The van der Waals surface area contributed by atoms with Crippen molar-refractivity contribution in [3.63, 3.8) is 0 Å². The SMILES string of the molecule is CCOCC(C)Nc1cccc(-c2noc(C)n2)c1. The lowest BCUT2D eigenvalue weighted by molar-refractivity contribution is 0.141. The number of hydrogen-bond acceptors (Lipinski definition) is 5. The zero-order valence-electron chi connectivity index (χ0n) is 11.5. The molecule has 0 saturated carbocycles. The minimum absolute atomic E-state index is 0.252. The maximum Gasteiger partial charge on any atom is 0.223 e. The third-order valence-corrected chi connectivity index (χ3v) is 2.63. The van der Waals surface area contributed by atoms with Crippen molar-refractivity contribution in [2.45, 2.75) is 26.8 Å². The minimum Gasteiger partial charge on any atom is -0.380 e. The van der Waals surface area contributed by atoms with Crippen molar-refractivity contribution in [1.29, 1.82) is 0 Å². The quantitative estimate of drug-likeness (QED) is 0.866. The first-order valence-electron chi connectivity index (χ1n) is 6.44. The molecule has 1 aromatic heterocycles. The highest BCUT2D eigenvalue weighted by atomic mass is 16.5. The molecule has 0 aliphatic rings. The summed E-state index contributed by atoms with van der Waals surface area (Å²) in [5, 5.41) is 7.30. The van der Waals surface area contributed by atoms with Gasteiger partial charge in [0.2, 0.25) is 11.7 Å². The molecule has 0 amide bonds. The Balaban J connectivity index is 2.07. The zero-order chi connectivity index (χ0) is 13.7. The second-order valence-electron chi connectivity index (χ2n) is 4.42. The molecule has 5 heteroatoms. The molecule has 0 spiro atoms. The van der Waals surface area contributed by atoms with Gasteiger partial charge in [0.05, 0.1) is 6.61 Å². The van der Waals surface area contributed by atoms with Crippen molar-refractivity contribution in [3.8, 4) is 11.4 Å². The van der Waals surface area contributed by atoms with Crippen molar-refractivity contribution in [3.05, 3.63) is 30.2 Å². The van der Waals surface area contributed by atoms with Gasteiger partial charge in [-0.25, -0.2) is 0 Å². The normalized spacial score (nSPS) is 12.4. The van der Waals surface area contributed by atoms with Crippen molar-refractivity contribution < 1.29 is 9.26 Å². The van der Waals surface area contributed by atoms with Gasteiger partial charge in [0.1, 0.15) is 0 Å². The molecule has 2 aromatic rings. The fourth-order valence-corrected chi connectivity index (χ4v) is 1.79. The van der Waals surface area contributed by atoms with E-state index in [9.17, 15) is 0 Å². The van der Waals surface area contributed by atoms with E-state index in [1.807, 2.05) is 31.2 Å². The molecule has 5 nitrogen and oxygen atoms in total. The van der Waals surface area contributed by atoms with Gasteiger partial charge in [0.15, 0.2) is 0 Å². The lowest BCUT2D eigenvalue weighted by atomic mass is 10.2. The van der Waals surface area contributed by atoms with E-state index in [1.165, 1.54) is 0 Å². The van der Waals surface area contributed by atoms with Crippen LogP contribution in [0, 0.1) is 6.92 Å². The number of nitrogens with one attached hydrogen (secondary N) is 1. The number of anilines is 1. The fraction of sp³-hybridized carbons (Fsp3) is 0.429. The molecule has 0 aliphatic carbocycles. The van der Waals surface area contributed by atoms with E-state index in [2.05, 4.69) is 22.4 Å². The second kappa shape index (κ2) is 6.33. The fourth-order valence-electron chi connectivity index (χ4n) is 1.79. The van der Waals surface area contributed by atoms with Gasteiger partial charge >= 0.3 is 0 Å². The molecule has 0 fully saturated rings. The zero-order valence-corrected chi connectivity index (χ0v) is 11.5. The van der Waals surface area contributed by atoms with Crippen LogP contribution in [0.4, 0.5) is 5.69 Å². The molecule has 1 heterocycles. The highest BCUT2D eigenvalue weighted by Crippen LogP contribution is 2.20. The van der Waals surface area contributed by atoms with Crippen molar-refractivity contribution in [1.82, 2.24) is 10.1 Å².